The van der Waals surface area contributed by atoms with Gasteiger partial charge in [0.05, 0.1) is 12.3 Å². The van der Waals surface area contributed by atoms with Crippen molar-refractivity contribution in [2.45, 2.75) is 57.0 Å². The van der Waals surface area contributed by atoms with Crippen LogP contribution >= 0.6 is 0 Å². The summed E-state index contributed by atoms with van der Waals surface area (Å²) in [5.74, 6) is 2.78. The Balaban J connectivity index is 0.937. The van der Waals surface area contributed by atoms with Gasteiger partial charge in [-0.05, 0) is 87.1 Å². The first-order valence-corrected chi connectivity index (χ1v) is 16.2. The van der Waals surface area contributed by atoms with E-state index in [0.29, 0.717) is 42.7 Å². The number of rotatable bonds is 10. The lowest BCUT2D eigenvalue weighted by molar-refractivity contribution is -0.128. The molecule has 1 aliphatic carbocycles. The maximum absolute atomic E-state index is 13.0. The van der Waals surface area contributed by atoms with Crippen molar-refractivity contribution in [3.63, 3.8) is 0 Å². The topological polar surface area (TPSA) is 85.9 Å². The fraction of sp³-hybridized carbons (Fsp3) is 0.588. The molecule has 8 nitrogen and oxygen atoms in total. The highest BCUT2D eigenvalue weighted by atomic mass is 16.5. The highest BCUT2D eigenvalue weighted by Gasteiger charge is 2.37. The molecular formula is C34H47N5O3. The molecule has 0 bridgehead atoms. The summed E-state index contributed by atoms with van der Waals surface area (Å²) >= 11 is 0. The number of benzene rings is 2. The van der Waals surface area contributed by atoms with E-state index in [4.69, 9.17) is 4.74 Å². The zero-order chi connectivity index (χ0) is 28.7. The number of nitrogens with zero attached hydrogens (tertiary/aromatic N) is 2. The van der Waals surface area contributed by atoms with Crippen LogP contribution in [-0.2, 0) is 4.79 Å². The van der Waals surface area contributed by atoms with Crippen LogP contribution in [0.25, 0.3) is 0 Å². The van der Waals surface area contributed by atoms with Crippen molar-refractivity contribution in [2.24, 2.45) is 17.8 Å². The van der Waals surface area contributed by atoms with Gasteiger partial charge in [0.1, 0.15) is 5.75 Å². The Labute approximate surface area is 250 Å². The van der Waals surface area contributed by atoms with E-state index >= 15 is 0 Å². The van der Waals surface area contributed by atoms with Gasteiger partial charge in [-0.1, -0.05) is 30.3 Å². The summed E-state index contributed by atoms with van der Waals surface area (Å²) in [5, 5.41) is 10.4. The molecule has 3 N–H and O–H groups in total. The van der Waals surface area contributed by atoms with Crippen molar-refractivity contribution in [2.75, 3.05) is 57.3 Å². The molecule has 3 aliphatic heterocycles. The smallest absolute Gasteiger partial charge is 0.251 e. The summed E-state index contributed by atoms with van der Waals surface area (Å²) in [6, 6.07) is 18.6. The van der Waals surface area contributed by atoms with Gasteiger partial charge >= 0.3 is 0 Å². The van der Waals surface area contributed by atoms with Gasteiger partial charge in [0.25, 0.3) is 5.91 Å². The summed E-state index contributed by atoms with van der Waals surface area (Å²) in [6.07, 6.45) is 7.01. The molecule has 42 heavy (non-hydrogen) atoms. The van der Waals surface area contributed by atoms with E-state index in [-0.39, 0.29) is 11.9 Å². The first kappa shape index (κ1) is 29.0. The molecule has 2 amide bonds. The molecule has 226 valence electrons. The van der Waals surface area contributed by atoms with Gasteiger partial charge < -0.3 is 30.5 Å². The van der Waals surface area contributed by atoms with Crippen LogP contribution in [-0.4, -0.2) is 81.2 Å². The van der Waals surface area contributed by atoms with E-state index in [0.717, 1.165) is 95.7 Å². The first-order valence-electron chi connectivity index (χ1n) is 16.2. The molecular weight excluding hydrogens is 526 g/mol. The number of piperidine rings is 1. The maximum Gasteiger partial charge on any atom is 0.251 e. The maximum atomic E-state index is 13.0. The molecule has 3 heterocycles. The van der Waals surface area contributed by atoms with Gasteiger partial charge in [-0.15, -0.1) is 0 Å². The standard InChI is InChI=1S/C34H47N5O3/c40-33-21-26(13-19-42-32-9-5-4-8-31(32)38-17-15-35-16-18-38)24-39(33)23-25-12-14-36-30(20-25)28-10-11-29(22-28)37-34(41)27-6-2-1-3-7-27/h1-9,25-26,28-30,35-36H,10-24H2,(H,37,41). The fourth-order valence-electron chi connectivity index (χ4n) is 7.55. The minimum absolute atomic E-state index is 0.0342. The van der Waals surface area contributed by atoms with Gasteiger partial charge in [-0.2, -0.15) is 0 Å². The predicted octanol–water partition coefficient (Wildman–Crippen LogP) is 3.68. The van der Waals surface area contributed by atoms with Crippen molar-refractivity contribution >= 4 is 17.5 Å². The second kappa shape index (κ2) is 13.9. The van der Waals surface area contributed by atoms with Gasteiger partial charge in [-0.3, -0.25) is 9.59 Å². The molecule has 4 aliphatic rings. The van der Waals surface area contributed by atoms with E-state index in [1.54, 1.807) is 0 Å². The molecule has 0 aromatic heterocycles. The number of hydrogen-bond acceptors (Lipinski definition) is 6. The monoisotopic (exact) mass is 573 g/mol. The average Bonchev–Trinajstić information content (AvgIpc) is 3.64. The molecule has 5 unspecified atom stereocenters. The number of ether oxygens (including phenoxy) is 1. The van der Waals surface area contributed by atoms with Crippen LogP contribution in [0, 0.1) is 17.8 Å². The number of anilines is 1. The van der Waals surface area contributed by atoms with Crippen molar-refractivity contribution < 1.29 is 14.3 Å². The molecule has 4 fully saturated rings. The molecule has 2 aromatic carbocycles. The normalized spacial score (nSPS) is 28.2. The summed E-state index contributed by atoms with van der Waals surface area (Å²) in [5.41, 5.74) is 1.91. The number of amides is 2. The number of nitrogens with one attached hydrogen (secondary N) is 3. The molecule has 1 saturated carbocycles. The van der Waals surface area contributed by atoms with Gasteiger partial charge in [0, 0.05) is 63.3 Å². The zero-order valence-corrected chi connectivity index (χ0v) is 24.8. The number of carbonyl (C=O) groups excluding carboxylic acids is 2. The first-order chi connectivity index (χ1) is 20.6. The largest absolute Gasteiger partial charge is 0.491 e. The third-order valence-corrected chi connectivity index (χ3v) is 9.84. The van der Waals surface area contributed by atoms with Gasteiger partial charge in [-0.25, -0.2) is 0 Å². The number of piperazine rings is 1. The lowest BCUT2D eigenvalue weighted by atomic mass is 9.84. The summed E-state index contributed by atoms with van der Waals surface area (Å²) < 4.78 is 6.28. The molecule has 0 radical (unpaired) electrons. The lowest BCUT2D eigenvalue weighted by Gasteiger charge is -2.36. The van der Waals surface area contributed by atoms with Crippen LogP contribution in [0.15, 0.2) is 54.6 Å². The van der Waals surface area contributed by atoms with Crippen molar-refractivity contribution in [3.05, 3.63) is 60.2 Å². The van der Waals surface area contributed by atoms with Gasteiger partial charge in [0.15, 0.2) is 0 Å². The predicted molar refractivity (Wildman–Crippen MR) is 166 cm³/mol. The molecule has 5 atom stereocenters. The Hall–Kier alpha value is -3.10. The van der Waals surface area contributed by atoms with Crippen LogP contribution in [0.1, 0.15) is 55.3 Å². The third kappa shape index (κ3) is 7.27. The second-order valence-electron chi connectivity index (χ2n) is 12.8. The number of para-hydroxylation sites is 2. The van der Waals surface area contributed by atoms with Crippen molar-refractivity contribution in [1.82, 2.24) is 20.9 Å². The van der Waals surface area contributed by atoms with Crippen LogP contribution in [0.3, 0.4) is 0 Å². The van der Waals surface area contributed by atoms with E-state index in [1.165, 1.54) is 5.69 Å². The molecule has 0 spiro atoms. The lowest BCUT2D eigenvalue weighted by Crippen LogP contribution is -2.46. The second-order valence-corrected chi connectivity index (χ2v) is 12.8. The van der Waals surface area contributed by atoms with Crippen LogP contribution in [0.4, 0.5) is 5.69 Å². The van der Waals surface area contributed by atoms with E-state index in [9.17, 15) is 9.59 Å². The molecule has 8 heteroatoms. The molecule has 6 rings (SSSR count). The Kier molecular flexibility index (Phi) is 9.61. The summed E-state index contributed by atoms with van der Waals surface area (Å²) in [7, 11) is 0. The van der Waals surface area contributed by atoms with E-state index < -0.39 is 0 Å². The Bertz CT molecular complexity index is 1190. The Morgan fingerprint density at radius 2 is 1.74 bits per heavy atom. The molecule has 2 aromatic rings. The number of likely N-dealkylation sites (tertiary alicyclic amines) is 1. The van der Waals surface area contributed by atoms with Crippen LogP contribution in [0.5, 0.6) is 5.75 Å². The highest BCUT2D eigenvalue weighted by molar-refractivity contribution is 5.94. The quantitative estimate of drug-likeness (QED) is 0.402. The Morgan fingerprint density at radius 1 is 0.929 bits per heavy atom. The van der Waals surface area contributed by atoms with Crippen LogP contribution < -0.4 is 25.6 Å². The van der Waals surface area contributed by atoms with E-state index in [2.05, 4.69) is 43.9 Å². The van der Waals surface area contributed by atoms with Crippen molar-refractivity contribution in [1.29, 1.82) is 0 Å². The number of hydrogen-bond donors (Lipinski definition) is 3. The summed E-state index contributed by atoms with van der Waals surface area (Å²) in [4.78, 5) is 30.1. The average molecular weight is 574 g/mol. The summed E-state index contributed by atoms with van der Waals surface area (Å²) in [6.45, 7) is 7.38. The van der Waals surface area contributed by atoms with E-state index in [1.807, 2.05) is 36.4 Å². The third-order valence-electron chi connectivity index (χ3n) is 9.84. The van der Waals surface area contributed by atoms with Gasteiger partial charge in [0.2, 0.25) is 5.91 Å². The highest BCUT2D eigenvalue weighted by Crippen LogP contribution is 2.34. The zero-order valence-electron chi connectivity index (χ0n) is 24.8. The molecule has 3 saturated heterocycles. The minimum atomic E-state index is 0.0342. The SMILES string of the molecule is O=C(NC1CCC(C2CC(CN3CC(CCOc4ccccc4N4CCNCC4)CC3=O)CCN2)C1)c1ccccc1. The minimum Gasteiger partial charge on any atom is -0.491 e. The Morgan fingerprint density at radius 3 is 2.60 bits per heavy atom. The van der Waals surface area contributed by atoms with Crippen molar-refractivity contribution in [3.8, 4) is 5.75 Å². The number of carbonyl (C=O) groups is 2. The van der Waals surface area contributed by atoms with Crippen LogP contribution in [0.2, 0.25) is 0 Å². The fourth-order valence-corrected chi connectivity index (χ4v) is 7.55.